The van der Waals surface area contributed by atoms with E-state index in [0.29, 0.717) is 31.1 Å². The van der Waals surface area contributed by atoms with Crippen LogP contribution < -0.4 is 0 Å². The number of nitriles is 1. The van der Waals surface area contributed by atoms with E-state index in [1.54, 1.807) is 18.0 Å². The van der Waals surface area contributed by atoms with Gasteiger partial charge in [-0.3, -0.25) is 4.79 Å². The molecule has 1 amide bonds. The molecule has 1 fully saturated rings. The molecule has 5 heteroatoms. The molecule has 0 bridgehead atoms. The fraction of sp³-hybridized carbons (Fsp3) is 0.500. The highest BCUT2D eigenvalue weighted by Crippen LogP contribution is 2.35. The Bertz CT molecular complexity index is 562. The first-order valence-electron chi connectivity index (χ1n) is 7.02. The van der Waals surface area contributed by atoms with Crippen molar-refractivity contribution in [2.45, 2.75) is 25.8 Å². The van der Waals surface area contributed by atoms with Gasteiger partial charge in [-0.15, -0.1) is 0 Å². The molecule has 1 aromatic rings. The fourth-order valence-electron chi connectivity index (χ4n) is 2.63. The molecule has 2 rings (SSSR count). The molecule has 1 aliphatic heterocycles. The average molecular weight is 307 g/mol. The second-order valence-corrected chi connectivity index (χ2v) is 5.83. The number of carbonyl (C=O) groups is 1. The van der Waals surface area contributed by atoms with Gasteiger partial charge >= 0.3 is 0 Å². The van der Waals surface area contributed by atoms with Crippen LogP contribution in [0.2, 0.25) is 5.02 Å². The first kappa shape index (κ1) is 15.8. The smallest absolute Gasteiger partial charge is 0.243 e. The minimum Gasteiger partial charge on any atom is -0.381 e. The van der Waals surface area contributed by atoms with Crippen molar-refractivity contribution in [3.8, 4) is 6.07 Å². The molecule has 0 N–H and O–H groups in total. The molecule has 0 spiro atoms. The molecule has 1 aromatic carbocycles. The largest absolute Gasteiger partial charge is 0.381 e. The van der Waals surface area contributed by atoms with Crippen LogP contribution in [-0.2, 0) is 9.53 Å². The quantitative estimate of drug-likeness (QED) is 0.862. The van der Waals surface area contributed by atoms with Crippen LogP contribution in [0.25, 0.3) is 0 Å². The summed E-state index contributed by atoms with van der Waals surface area (Å²) in [6, 6.07) is 9.49. The Morgan fingerprint density at radius 2 is 2.05 bits per heavy atom. The van der Waals surface area contributed by atoms with E-state index in [1.165, 1.54) is 0 Å². The van der Waals surface area contributed by atoms with Gasteiger partial charge in [0.05, 0.1) is 12.1 Å². The van der Waals surface area contributed by atoms with Crippen molar-refractivity contribution in [3.05, 3.63) is 34.9 Å². The molecule has 0 radical (unpaired) electrons. The van der Waals surface area contributed by atoms with Crippen molar-refractivity contribution < 1.29 is 9.53 Å². The summed E-state index contributed by atoms with van der Waals surface area (Å²) in [6.45, 7) is 2.82. The number of hydrogen-bond acceptors (Lipinski definition) is 3. The van der Waals surface area contributed by atoms with Crippen LogP contribution in [0.5, 0.6) is 0 Å². The topological polar surface area (TPSA) is 53.3 Å². The van der Waals surface area contributed by atoms with Crippen molar-refractivity contribution in [3.63, 3.8) is 0 Å². The van der Waals surface area contributed by atoms with Gasteiger partial charge in [0.25, 0.3) is 0 Å². The summed E-state index contributed by atoms with van der Waals surface area (Å²) in [4.78, 5) is 14.4. The fourth-order valence-corrected chi connectivity index (χ4v) is 2.92. The van der Waals surface area contributed by atoms with Crippen molar-refractivity contribution >= 4 is 17.5 Å². The second-order valence-electron chi connectivity index (χ2n) is 5.42. The number of hydrogen-bond donors (Lipinski definition) is 0. The first-order chi connectivity index (χ1) is 10.0. The van der Waals surface area contributed by atoms with Gasteiger partial charge in [-0.1, -0.05) is 29.8 Å². The van der Waals surface area contributed by atoms with Crippen molar-refractivity contribution in [1.29, 1.82) is 5.26 Å². The Labute approximate surface area is 130 Å². The lowest BCUT2D eigenvalue weighted by Gasteiger charge is -2.36. The predicted molar refractivity (Wildman–Crippen MR) is 80.7 cm³/mol. The molecule has 21 heavy (non-hydrogen) atoms. The van der Waals surface area contributed by atoms with E-state index in [2.05, 4.69) is 6.07 Å². The Hall–Kier alpha value is -1.57. The summed E-state index contributed by atoms with van der Waals surface area (Å²) in [7, 11) is 1.73. The second kappa shape index (κ2) is 6.46. The molecule has 1 heterocycles. The summed E-state index contributed by atoms with van der Waals surface area (Å²) in [5.74, 6) is -0.152. The number of carbonyl (C=O) groups excluding carboxylic acids is 1. The number of ether oxygens (including phenoxy) is 1. The lowest BCUT2D eigenvalue weighted by atomic mass is 9.80. The van der Waals surface area contributed by atoms with Gasteiger partial charge in [0, 0.05) is 25.3 Å². The third kappa shape index (κ3) is 3.04. The molecule has 1 saturated heterocycles. The predicted octanol–water partition coefficient (Wildman–Crippen LogP) is 3.18. The summed E-state index contributed by atoms with van der Waals surface area (Å²) < 4.78 is 5.28. The van der Waals surface area contributed by atoms with Crippen molar-refractivity contribution in [2.24, 2.45) is 5.41 Å². The van der Waals surface area contributed by atoms with E-state index in [9.17, 15) is 10.1 Å². The van der Waals surface area contributed by atoms with Crippen molar-refractivity contribution in [1.82, 2.24) is 4.90 Å². The lowest BCUT2D eigenvalue weighted by molar-refractivity contribution is -0.144. The van der Waals surface area contributed by atoms with Crippen LogP contribution in [0.4, 0.5) is 0 Å². The molecule has 0 saturated carbocycles. The highest BCUT2D eigenvalue weighted by Gasteiger charge is 2.43. The van der Waals surface area contributed by atoms with E-state index in [1.807, 2.05) is 25.1 Å². The molecule has 4 nitrogen and oxygen atoms in total. The van der Waals surface area contributed by atoms with Gasteiger partial charge in [-0.2, -0.15) is 5.26 Å². The monoisotopic (exact) mass is 306 g/mol. The highest BCUT2D eigenvalue weighted by atomic mass is 35.5. The van der Waals surface area contributed by atoms with Crippen LogP contribution in [-0.4, -0.2) is 31.1 Å². The van der Waals surface area contributed by atoms with Gasteiger partial charge in [0.15, 0.2) is 0 Å². The van der Waals surface area contributed by atoms with Crippen LogP contribution in [0, 0.1) is 16.7 Å². The van der Waals surface area contributed by atoms with Crippen LogP contribution in [0.3, 0.4) is 0 Å². The van der Waals surface area contributed by atoms with Gasteiger partial charge < -0.3 is 9.64 Å². The Morgan fingerprint density at radius 1 is 1.43 bits per heavy atom. The van der Waals surface area contributed by atoms with E-state index in [-0.39, 0.29) is 11.9 Å². The summed E-state index contributed by atoms with van der Waals surface area (Å²) in [5.41, 5.74) is -0.0853. The number of halogens is 1. The summed E-state index contributed by atoms with van der Waals surface area (Å²) in [6.07, 6.45) is 0.893. The van der Waals surface area contributed by atoms with E-state index in [4.69, 9.17) is 16.3 Å². The number of benzene rings is 1. The molecular weight excluding hydrogens is 288 g/mol. The third-order valence-corrected chi connectivity index (χ3v) is 4.57. The SMILES string of the molecule is CC(c1ccccc1Cl)N(C)C(=O)C1(C#N)CCOCC1. The summed E-state index contributed by atoms with van der Waals surface area (Å²) >= 11 is 6.20. The zero-order valence-corrected chi connectivity index (χ0v) is 13.1. The molecular formula is C16H19ClN2O2. The molecule has 1 atom stereocenters. The van der Waals surface area contributed by atoms with E-state index >= 15 is 0 Å². The zero-order valence-electron chi connectivity index (χ0n) is 12.3. The molecule has 0 aliphatic carbocycles. The molecule has 112 valence electrons. The van der Waals surface area contributed by atoms with Gasteiger partial charge in [-0.25, -0.2) is 0 Å². The van der Waals surface area contributed by atoms with Crippen LogP contribution >= 0.6 is 11.6 Å². The van der Waals surface area contributed by atoms with Gasteiger partial charge in [0.1, 0.15) is 5.41 Å². The standard InChI is InChI=1S/C16H19ClN2O2/c1-12(13-5-3-4-6-14(13)17)19(2)15(20)16(11-18)7-9-21-10-8-16/h3-6,12H,7-10H2,1-2H3. The average Bonchev–Trinajstić information content (AvgIpc) is 2.54. The lowest BCUT2D eigenvalue weighted by Crippen LogP contribution is -2.45. The maximum atomic E-state index is 12.8. The van der Waals surface area contributed by atoms with Crippen LogP contribution in [0.1, 0.15) is 31.4 Å². The first-order valence-corrected chi connectivity index (χ1v) is 7.40. The minimum atomic E-state index is -0.970. The van der Waals surface area contributed by atoms with Crippen molar-refractivity contribution in [2.75, 3.05) is 20.3 Å². The number of nitrogens with zero attached hydrogens (tertiary/aromatic N) is 2. The maximum absolute atomic E-state index is 12.8. The zero-order chi connectivity index (χ0) is 15.5. The number of amides is 1. The molecule has 0 aromatic heterocycles. The minimum absolute atomic E-state index is 0.152. The third-order valence-electron chi connectivity index (χ3n) is 4.23. The Morgan fingerprint density at radius 3 is 2.62 bits per heavy atom. The highest BCUT2D eigenvalue weighted by molar-refractivity contribution is 6.31. The molecule has 1 aliphatic rings. The van der Waals surface area contributed by atoms with Crippen LogP contribution in [0.15, 0.2) is 24.3 Å². The maximum Gasteiger partial charge on any atom is 0.243 e. The normalized spacial score (nSPS) is 18.6. The Balaban J connectivity index is 2.22. The van der Waals surface area contributed by atoms with E-state index in [0.717, 1.165) is 5.56 Å². The Kier molecular flexibility index (Phi) is 4.87. The summed E-state index contributed by atoms with van der Waals surface area (Å²) in [5, 5.41) is 10.1. The van der Waals surface area contributed by atoms with Gasteiger partial charge in [0.2, 0.25) is 5.91 Å². The van der Waals surface area contributed by atoms with Gasteiger partial charge in [-0.05, 0) is 31.4 Å². The number of rotatable bonds is 3. The van der Waals surface area contributed by atoms with E-state index < -0.39 is 5.41 Å². The molecule has 1 unspecified atom stereocenters.